The van der Waals surface area contributed by atoms with E-state index in [1.54, 1.807) is 19.1 Å². The first-order chi connectivity index (χ1) is 6.06. The number of rotatable bonds is 1. The molecule has 3 nitrogen and oxygen atoms in total. The first-order valence-corrected chi connectivity index (χ1v) is 4.53. The van der Waals surface area contributed by atoms with Crippen LogP contribution < -0.4 is 0 Å². The van der Waals surface area contributed by atoms with Gasteiger partial charge in [0.05, 0.1) is 5.71 Å². The van der Waals surface area contributed by atoms with Gasteiger partial charge < -0.3 is 10.3 Å². The summed E-state index contributed by atoms with van der Waals surface area (Å²) in [6, 6.07) is 3.34. The summed E-state index contributed by atoms with van der Waals surface area (Å²) in [6.07, 6.45) is 0. The normalized spacial score (nSPS) is 11.8. The van der Waals surface area contributed by atoms with Crippen molar-refractivity contribution >= 4 is 21.6 Å². The zero-order valence-electron chi connectivity index (χ0n) is 7.37. The molecule has 0 spiro atoms. The maximum Gasteiger partial charge on any atom is 0.125 e. The van der Waals surface area contributed by atoms with Gasteiger partial charge >= 0.3 is 0 Å². The third-order valence-corrected chi connectivity index (χ3v) is 2.67. The van der Waals surface area contributed by atoms with E-state index >= 15 is 0 Å². The van der Waals surface area contributed by atoms with Crippen LogP contribution in [0.3, 0.4) is 0 Å². The molecular formula is C9H10BrNO2. The first kappa shape index (κ1) is 10.1. The molecule has 0 amide bonds. The summed E-state index contributed by atoms with van der Waals surface area (Å²) in [5.74, 6) is 0.104. The van der Waals surface area contributed by atoms with E-state index in [2.05, 4.69) is 21.1 Å². The molecule has 0 bridgehead atoms. The lowest BCUT2D eigenvalue weighted by atomic mass is 10.1. The van der Waals surface area contributed by atoms with Gasteiger partial charge in [0.2, 0.25) is 0 Å². The maximum absolute atomic E-state index is 9.50. The molecule has 1 rings (SSSR count). The summed E-state index contributed by atoms with van der Waals surface area (Å²) in [5, 5.41) is 21.1. The number of benzene rings is 1. The third-order valence-electron chi connectivity index (χ3n) is 1.82. The van der Waals surface area contributed by atoms with Gasteiger partial charge in [-0.15, -0.1) is 0 Å². The van der Waals surface area contributed by atoms with Crippen LogP contribution in [-0.4, -0.2) is 16.0 Å². The predicted octanol–water partition coefficient (Wildman–Crippen LogP) is 2.66. The van der Waals surface area contributed by atoms with E-state index in [0.29, 0.717) is 11.3 Å². The SMILES string of the molecule is C/C(=N\O)c1cc(C)c(Br)cc1O. The highest BCUT2D eigenvalue weighted by atomic mass is 79.9. The molecule has 4 heteroatoms. The fourth-order valence-corrected chi connectivity index (χ4v) is 1.35. The molecular weight excluding hydrogens is 234 g/mol. The molecule has 1 aromatic rings. The van der Waals surface area contributed by atoms with E-state index in [0.717, 1.165) is 10.0 Å². The molecule has 0 atom stereocenters. The van der Waals surface area contributed by atoms with Gasteiger partial charge in [-0.1, -0.05) is 21.1 Å². The van der Waals surface area contributed by atoms with Crippen molar-refractivity contribution in [2.24, 2.45) is 5.16 Å². The molecule has 2 N–H and O–H groups in total. The molecule has 0 unspecified atom stereocenters. The molecule has 0 saturated heterocycles. The van der Waals surface area contributed by atoms with Crippen molar-refractivity contribution in [1.29, 1.82) is 0 Å². The quantitative estimate of drug-likeness (QED) is 0.453. The molecule has 0 heterocycles. The van der Waals surface area contributed by atoms with E-state index in [-0.39, 0.29) is 5.75 Å². The van der Waals surface area contributed by atoms with Gasteiger partial charge in [0.1, 0.15) is 5.75 Å². The summed E-state index contributed by atoms with van der Waals surface area (Å²) in [7, 11) is 0. The second-order valence-electron chi connectivity index (χ2n) is 2.80. The molecule has 0 aromatic heterocycles. The van der Waals surface area contributed by atoms with Crippen LogP contribution in [0.1, 0.15) is 18.1 Å². The minimum atomic E-state index is 0.104. The standard InChI is InChI=1S/C9H10BrNO2/c1-5-3-7(6(2)11-13)9(12)4-8(5)10/h3-4,12-13H,1-2H3/b11-6+. The molecule has 0 aliphatic heterocycles. The van der Waals surface area contributed by atoms with E-state index in [1.165, 1.54) is 0 Å². The van der Waals surface area contributed by atoms with E-state index < -0.39 is 0 Å². The lowest BCUT2D eigenvalue weighted by molar-refractivity contribution is 0.318. The van der Waals surface area contributed by atoms with Crippen LogP contribution in [0, 0.1) is 6.92 Å². The number of phenols is 1. The average molecular weight is 244 g/mol. The van der Waals surface area contributed by atoms with Crippen molar-refractivity contribution in [3.8, 4) is 5.75 Å². The lowest BCUT2D eigenvalue weighted by Gasteiger charge is -2.05. The van der Waals surface area contributed by atoms with Gasteiger partial charge in [0, 0.05) is 10.0 Å². The Balaban J connectivity index is 3.32. The highest BCUT2D eigenvalue weighted by molar-refractivity contribution is 9.10. The number of halogens is 1. The first-order valence-electron chi connectivity index (χ1n) is 3.74. The Morgan fingerprint density at radius 2 is 2.08 bits per heavy atom. The van der Waals surface area contributed by atoms with Gasteiger partial charge in [-0.2, -0.15) is 0 Å². The average Bonchev–Trinajstić information content (AvgIpc) is 2.10. The molecule has 1 aromatic carbocycles. The van der Waals surface area contributed by atoms with E-state index in [9.17, 15) is 5.11 Å². The maximum atomic E-state index is 9.50. The highest BCUT2D eigenvalue weighted by Gasteiger charge is 2.07. The fourth-order valence-electron chi connectivity index (χ4n) is 1.01. The lowest BCUT2D eigenvalue weighted by Crippen LogP contribution is -1.96. The second kappa shape index (κ2) is 3.79. The Labute approximate surface area is 84.8 Å². The van der Waals surface area contributed by atoms with Gasteiger partial charge in [0.15, 0.2) is 0 Å². The Kier molecular flexibility index (Phi) is 2.93. The van der Waals surface area contributed by atoms with Gasteiger partial charge in [-0.25, -0.2) is 0 Å². The molecule has 0 aliphatic rings. The van der Waals surface area contributed by atoms with Crippen LogP contribution in [0.4, 0.5) is 0 Å². The number of aryl methyl sites for hydroxylation is 1. The van der Waals surface area contributed by atoms with E-state index in [1.807, 2.05) is 6.92 Å². The number of phenolic OH excluding ortho intramolecular Hbond substituents is 1. The molecule has 0 aliphatic carbocycles. The summed E-state index contributed by atoms with van der Waals surface area (Å²) >= 11 is 3.29. The Morgan fingerprint density at radius 1 is 1.46 bits per heavy atom. The summed E-state index contributed by atoms with van der Waals surface area (Å²) in [4.78, 5) is 0. The van der Waals surface area contributed by atoms with Crippen LogP contribution in [0.2, 0.25) is 0 Å². The number of hydrogen-bond acceptors (Lipinski definition) is 3. The van der Waals surface area contributed by atoms with Gasteiger partial charge in [0.25, 0.3) is 0 Å². The fraction of sp³-hybridized carbons (Fsp3) is 0.222. The van der Waals surface area contributed by atoms with Crippen molar-refractivity contribution in [2.45, 2.75) is 13.8 Å². The summed E-state index contributed by atoms with van der Waals surface area (Å²) < 4.78 is 0.833. The molecule has 0 fully saturated rings. The van der Waals surface area contributed by atoms with E-state index in [4.69, 9.17) is 5.21 Å². The Bertz CT molecular complexity index is 361. The Hall–Kier alpha value is -1.03. The summed E-state index contributed by atoms with van der Waals surface area (Å²) in [5.41, 5.74) is 1.92. The van der Waals surface area contributed by atoms with Crippen LogP contribution in [-0.2, 0) is 0 Å². The van der Waals surface area contributed by atoms with Crippen molar-refractivity contribution in [1.82, 2.24) is 0 Å². The number of nitrogens with zero attached hydrogens (tertiary/aromatic N) is 1. The van der Waals surface area contributed by atoms with Crippen LogP contribution in [0.25, 0.3) is 0 Å². The monoisotopic (exact) mass is 243 g/mol. The van der Waals surface area contributed by atoms with Crippen molar-refractivity contribution in [2.75, 3.05) is 0 Å². The van der Waals surface area contributed by atoms with Crippen molar-refractivity contribution in [3.63, 3.8) is 0 Å². The van der Waals surface area contributed by atoms with Crippen molar-refractivity contribution < 1.29 is 10.3 Å². The molecule has 70 valence electrons. The van der Waals surface area contributed by atoms with Crippen LogP contribution in [0.15, 0.2) is 21.8 Å². The minimum Gasteiger partial charge on any atom is -0.507 e. The van der Waals surface area contributed by atoms with Crippen LogP contribution in [0.5, 0.6) is 5.75 Å². The third kappa shape index (κ3) is 2.01. The van der Waals surface area contributed by atoms with Gasteiger partial charge in [-0.05, 0) is 31.5 Å². The number of hydrogen-bond donors (Lipinski definition) is 2. The predicted molar refractivity (Wildman–Crippen MR) is 54.5 cm³/mol. The molecule has 0 radical (unpaired) electrons. The van der Waals surface area contributed by atoms with Crippen molar-refractivity contribution in [3.05, 3.63) is 27.7 Å². The number of aromatic hydroxyl groups is 1. The number of oxime groups is 1. The minimum absolute atomic E-state index is 0.104. The zero-order chi connectivity index (χ0) is 10.0. The van der Waals surface area contributed by atoms with Gasteiger partial charge in [-0.3, -0.25) is 0 Å². The largest absolute Gasteiger partial charge is 0.507 e. The van der Waals surface area contributed by atoms with Crippen LogP contribution >= 0.6 is 15.9 Å². The second-order valence-corrected chi connectivity index (χ2v) is 3.66. The summed E-state index contributed by atoms with van der Waals surface area (Å²) in [6.45, 7) is 3.53. The molecule has 0 saturated carbocycles. The topological polar surface area (TPSA) is 52.8 Å². The highest BCUT2D eigenvalue weighted by Crippen LogP contribution is 2.26. The zero-order valence-corrected chi connectivity index (χ0v) is 8.96. The smallest absolute Gasteiger partial charge is 0.125 e. The Morgan fingerprint density at radius 3 is 2.62 bits per heavy atom. The molecule has 13 heavy (non-hydrogen) atoms.